The highest BCUT2D eigenvalue weighted by Gasteiger charge is 2.13. The SMILES string of the molecule is COCCNC(=O)CSc1ccccc1C(=O)NCc1ccc(C)c(F)c1. The molecule has 7 heteroatoms. The Labute approximate surface area is 162 Å². The molecule has 0 aromatic heterocycles. The van der Waals surface area contributed by atoms with E-state index < -0.39 is 0 Å². The normalized spacial score (nSPS) is 10.5. The van der Waals surface area contributed by atoms with E-state index in [0.29, 0.717) is 34.7 Å². The summed E-state index contributed by atoms with van der Waals surface area (Å²) in [7, 11) is 1.57. The van der Waals surface area contributed by atoms with Gasteiger partial charge >= 0.3 is 0 Å². The minimum Gasteiger partial charge on any atom is -0.383 e. The molecule has 0 radical (unpaired) electrons. The van der Waals surface area contributed by atoms with Gasteiger partial charge in [-0.15, -0.1) is 11.8 Å². The van der Waals surface area contributed by atoms with Crippen LogP contribution in [0.1, 0.15) is 21.5 Å². The molecule has 5 nitrogen and oxygen atoms in total. The molecule has 2 aromatic carbocycles. The zero-order valence-electron chi connectivity index (χ0n) is 15.4. The van der Waals surface area contributed by atoms with Gasteiger partial charge in [0.15, 0.2) is 0 Å². The van der Waals surface area contributed by atoms with Crippen LogP contribution in [0.2, 0.25) is 0 Å². The Morgan fingerprint density at radius 3 is 2.67 bits per heavy atom. The van der Waals surface area contributed by atoms with Crippen molar-refractivity contribution in [1.82, 2.24) is 10.6 Å². The fourth-order valence-electron chi connectivity index (χ4n) is 2.29. The Hall–Kier alpha value is -2.38. The molecular formula is C20H23FN2O3S. The Morgan fingerprint density at radius 2 is 1.93 bits per heavy atom. The summed E-state index contributed by atoms with van der Waals surface area (Å²) in [6.07, 6.45) is 0. The molecule has 2 N–H and O–H groups in total. The Morgan fingerprint density at radius 1 is 1.15 bits per heavy atom. The second kappa shape index (κ2) is 10.7. The molecule has 2 rings (SSSR count). The van der Waals surface area contributed by atoms with Crippen LogP contribution in [-0.2, 0) is 16.1 Å². The Kier molecular flexibility index (Phi) is 8.29. The van der Waals surface area contributed by atoms with Crippen LogP contribution in [0.4, 0.5) is 4.39 Å². The van der Waals surface area contributed by atoms with E-state index in [9.17, 15) is 14.0 Å². The molecule has 0 aliphatic carbocycles. The highest BCUT2D eigenvalue weighted by atomic mass is 32.2. The van der Waals surface area contributed by atoms with Crippen LogP contribution in [-0.4, -0.2) is 37.8 Å². The summed E-state index contributed by atoms with van der Waals surface area (Å²) >= 11 is 1.29. The van der Waals surface area contributed by atoms with Crippen LogP contribution in [0.3, 0.4) is 0 Å². The highest BCUT2D eigenvalue weighted by Crippen LogP contribution is 2.22. The van der Waals surface area contributed by atoms with Crippen molar-refractivity contribution in [2.75, 3.05) is 26.0 Å². The summed E-state index contributed by atoms with van der Waals surface area (Å²) in [5, 5.41) is 5.53. The maximum atomic E-state index is 13.6. The first-order valence-electron chi connectivity index (χ1n) is 8.52. The van der Waals surface area contributed by atoms with E-state index in [1.165, 1.54) is 17.8 Å². The summed E-state index contributed by atoms with van der Waals surface area (Å²) in [5.74, 6) is -0.476. The Balaban J connectivity index is 1.94. The molecule has 0 aliphatic heterocycles. The molecule has 0 unspecified atom stereocenters. The van der Waals surface area contributed by atoms with Crippen LogP contribution in [0.15, 0.2) is 47.4 Å². The first kappa shape index (κ1) is 20.9. The number of methoxy groups -OCH3 is 1. The number of carbonyl (C=O) groups excluding carboxylic acids is 2. The van der Waals surface area contributed by atoms with Gasteiger partial charge in [-0.05, 0) is 36.2 Å². The smallest absolute Gasteiger partial charge is 0.252 e. The van der Waals surface area contributed by atoms with Crippen molar-refractivity contribution in [2.45, 2.75) is 18.4 Å². The second-order valence-electron chi connectivity index (χ2n) is 5.89. The van der Waals surface area contributed by atoms with Crippen molar-refractivity contribution in [1.29, 1.82) is 0 Å². The summed E-state index contributed by atoms with van der Waals surface area (Å²) < 4.78 is 18.5. The molecule has 2 amide bonds. The molecule has 0 spiro atoms. The van der Waals surface area contributed by atoms with E-state index in [-0.39, 0.29) is 29.9 Å². The molecule has 2 aromatic rings. The number of nitrogens with one attached hydrogen (secondary N) is 2. The van der Waals surface area contributed by atoms with E-state index in [4.69, 9.17) is 4.74 Å². The van der Waals surface area contributed by atoms with Crippen LogP contribution in [0.5, 0.6) is 0 Å². The van der Waals surface area contributed by atoms with Crippen molar-refractivity contribution in [3.8, 4) is 0 Å². The molecule has 0 saturated carbocycles. The quantitative estimate of drug-likeness (QED) is 0.510. The fraction of sp³-hybridized carbons (Fsp3) is 0.300. The minimum absolute atomic E-state index is 0.123. The van der Waals surface area contributed by atoms with Crippen LogP contribution >= 0.6 is 11.8 Å². The van der Waals surface area contributed by atoms with Gasteiger partial charge in [-0.25, -0.2) is 4.39 Å². The molecule has 0 aliphatic rings. The first-order chi connectivity index (χ1) is 13.0. The van der Waals surface area contributed by atoms with Gasteiger partial charge in [0.2, 0.25) is 5.91 Å². The summed E-state index contributed by atoms with van der Waals surface area (Å²) in [5.41, 5.74) is 1.74. The largest absolute Gasteiger partial charge is 0.383 e. The first-order valence-corrected chi connectivity index (χ1v) is 9.50. The topological polar surface area (TPSA) is 67.4 Å². The maximum Gasteiger partial charge on any atom is 0.252 e. The molecule has 0 fully saturated rings. The number of halogens is 1. The predicted molar refractivity (Wildman–Crippen MR) is 104 cm³/mol. The molecule has 0 saturated heterocycles. The van der Waals surface area contributed by atoms with Gasteiger partial charge in [0, 0.05) is 25.1 Å². The summed E-state index contributed by atoms with van der Waals surface area (Å²) in [6, 6.07) is 12.0. The fourth-order valence-corrected chi connectivity index (χ4v) is 3.17. The lowest BCUT2D eigenvalue weighted by Crippen LogP contribution is -2.28. The van der Waals surface area contributed by atoms with Crippen molar-refractivity contribution in [2.24, 2.45) is 0 Å². The van der Waals surface area contributed by atoms with Crippen LogP contribution in [0, 0.1) is 12.7 Å². The van der Waals surface area contributed by atoms with Crippen LogP contribution in [0.25, 0.3) is 0 Å². The van der Waals surface area contributed by atoms with E-state index in [1.807, 2.05) is 6.07 Å². The number of aryl methyl sites for hydroxylation is 1. The van der Waals surface area contributed by atoms with Crippen molar-refractivity contribution >= 4 is 23.6 Å². The van der Waals surface area contributed by atoms with Crippen molar-refractivity contribution < 1.29 is 18.7 Å². The van der Waals surface area contributed by atoms with E-state index in [2.05, 4.69) is 10.6 Å². The molecule has 144 valence electrons. The second-order valence-corrected chi connectivity index (χ2v) is 6.91. The predicted octanol–water partition coefficient (Wildman–Crippen LogP) is 2.92. The lowest BCUT2D eigenvalue weighted by Gasteiger charge is -2.10. The number of amides is 2. The monoisotopic (exact) mass is 390 g/mol. The van der Waals surface area contributed by atoms with Crippen molar-refractivity contribution in [3.63, 3.8) is 0 Å². The van der Waals surface area contributed by atoms with E-state index >= 15 is 0 Å². The number of carbonyl (C=O) groups is 2. The summed E-state index contributed by atoms with van der Waals surface area (Å²) in [6.45, 7) is 2.82. The van der Waals surface area contributed by atoms with Gasteiger partial charge in [0.25, 0.3) is 5.91 Å². The average molecular weight is 390 g/mol. The number of thioether (sulfide) groups is 1. The van der Waals surface area contributed by atoms with Crippen LogP contribution < -0.4 is 10.6 Å². The summed E-state index contributed by atoms with van der Waals surface area (Å²) in [4.78, 5) is 25.0. The third-order valence-electron chi connectivity index (χ3n) is 3.81. The van der Waals surface area contributed by atoms with E-state index in [1.54, 1.807) is 44.4 Å². The van der Waals surface area contributed by atoms with E-state index in [0.717, 1.165) is 0 Å². The number of rotatable bonds is 9. The lowest BCUT2D eigenvalue weighted by molar-refractivity contribution is -0.118. The molecular weight excluding hydrogens is 367 g/mol. The van der Waals surface area contributed by atoms with Crippen molar-refractivity contribution in [3.05, 3.63) is 65.0 Å². The number of hydrogen-bond donors (Lipinski definition) is 2. The van der Waals surface area contributed by atoms with Gasteiger partial charge in [-0.2, -0.15) is 0 Å². The number of ether oxygens (including phenoxy) is 1. The molecule has 0 atom stereocenters. The number of benzene rings is 2. The minimum atomic E-state index is -0.294. The number of hydrogen-bond acceptors (Lipinski definition) is 4. The molecule has 27 heavy (non-hydrogen) atoms. The van der Waals surface area contributed by atoms with Gasteiger partial charge in [0.05, 0.1) is 17.9 Å². The Bertz CT molecular complexity index is 799. The standard InChI is InChI=1S/C20H23FN2O3S/c1-14-7-8-15(11-17(14)21)12-23-20(25)16-5-3-4-6-18(16)27-13-19(24)22-9-10-26-2/h3-8,11H,9-10,12-13H2,1-2H3,(H,22,24)(H,23,25). The van der Waals surface area contributed by atoms with Gasteiger partial charge in [0.1, 0.15) is 5.82 Å². The zero-order chi connectivity index (χ0) is 19.6. The molecule has 0 bridgehead atoms. The highest BCUT2D eigenvalue weighted by molar-refractivity contribution is 8.00. The third-order valence-corrected chi connectivity index (χ3v) is 4.88. The van der Waals surface area contributed by atoms with Gasteiger partial charge in [-0.3, -0.25) is 9.59 Å². The molecule has 0 heterocycles. The zero-order valence-corrected chi connectivity index (χ0v) is 16.2. The third kappa shape index (κ3) is 6.69. The lowest BCUT2D eigenvalue weighted by atomic mass is 10.1. The average Bonchev–Trinajstić information content (AvgIpc) is 2.67. The van der Waals surface area contributed by atoms with Gasteiger partial charge < -0.3 is 15.4 Å². The maximum absolute atomic E-state index is 13.6. The van der Waals surface area contributed by atoms with Gasteiger partial charge in [-0.1, -0.05) is 24.3 Å².